The molecule has 0 saturated heterocycles. The fourth-order valence-electron chi connectivity index (χ4n) is 3.71. The molecule has 0 saturated carbocycles. The zero-order valence-electron chi connectivity index (χ0n) is 17.5. The maximum absolute atomic E-state index is 13.3. The van der Waals surface area contributed by atoms with Crippen molar-refractivity contribution in [2.45, 2.75) is 33.2 Å². The van der Waals surface area contributed by atoms with Crippen LogP contribution in [0.5, 0.6) is 0 Å². The molecular formula is C23H22FN5O2. The quantitative estimate of drug-likeness (QED) is 0.531. The molecule has 1 amide bonds. The molecule has 31 heavy (non-hydrogen) atoms. The Hall–Kier alpha value is -3.81. The molecule has 7 nitrogen and oxygen atoms in total. The maximum Gasteiger partial charge on any atom is 0.295 e. The minimum Gasteiger partial charge on any atom is -0.324 e. The first kappa shape index (κ1) is 20.5. The van der Waals surface area contributed by atoms with E-state index in [0.717, 1.165) is 11.4 Å². The molecule has 158 valence electrons. The average Bonchev–Trinajstić information content (AvgIpc) is 3.12. The van der Waals surface area contributed by atoms with Crippen LogP contribution in [-0.4, -0.2) is 25.5 Å². The lowest BCUT2D eigenvalue weighted by molar-refractivity contribution is -0.119. The molecule has 8 heteroatoms. The van der Waals surface area contributed by atoms with Gasteiger partial charge in [0.05, 0.1) is 22.5 Å². The molecule has 2 aromatic heterocycles. The van der Waals surface area contributed by atoms with Crippen molar-refractivity contribution in [3.05, 3.63) is 82.2 Å². The highest BCUT2D eigenvalue weighted by Crippen LogP contribution is 2.22. The minimum absolute atomic E-state index is 0.266. The second kappa shape index (κ2) is 8.14. The molecule has 0 bridgehead atoms. The summed E-state index contributed by atoms with van der Waals surface area (Å²) >= 11 is 0. The van der Waals surface area contributed by atoms with Gasteiger partial charge < -0.3 is 5.32 Å². The SMILES string of the molecule is CC[C@H](C(=O)Nc1ccc(F)cc1)n1nc(C)c2c(C)n(-c3ccccc3)nc2c1=O. The summed E-state index contributed by atoms with van der Waals surface area (Å²) in [6, 6.07) is 14.2. The van der Waals surface area contributed by atoms with Crippen molar-refractivity contribution < 1.29 is 9.18 Å². The predicted octanol–water partition coefficient (Wildman–Crippen LogP) is 3.93. The number of hydrogen-bond donors (Lipinski definition) is 1. The van der Waals surface area contributed by atoms with Crippen molar-refractivity contribution in [1.29, 1.82) is 0 Å². The Morgan fingerprint density at radius 1 is 1.06 bits per heavy atom. The molecule has 4 rings (SSSR count). The molecule has 1 atom stereocenters. The lowest BCUT2D eigenvalue weighted by atomic mass is 10.1. The summed E-state index contributed by atoms with van der Waals surface area (Å²) in [6.07, 6.45) is 0.350. The topological polar surface area (TPSA) is 81.8 Å². The van der Waals surface area contributed by atoms with Crippen LogP contribution in [0.25, 0.3) is 16.6 Å². The van der Waals surface area contributed by atoms with Crippen LogP contribution in [0.4, 0.5) is 10.1 Å². The molecule has 0 unspecified atom stereocenters. The van der Waals surface area contributed by atoms with E-state index in [1.165, 1.54) is 28.9 Å². The Morgan fingerprint density at radius 3 is 2.39 bits per heavy atom. The van der Waals surface area contributed by atoms with Gasteiger partial charge in [-0.1, -0.05) is 25.1 Å². The number of carbonyl (C=O) groups excluding carboxylic acids is 1. The molecule has 0 spiro atoms. The first-order valence-corrected chi connectivity index (χ1v) is 10.0. The second-order valence-corrected chi connectivity index (χ2v) is 7.31. The number of hydrogen-bond acceptors (Lipinski definition) is 4. The van der Waals surface area contributed by atoms with Crippen LogP contribution in [0.2, 0.25) is 0 Å². The van der Waals surface area contributed by atoms with Gasteiger partial charge in [-0.15, -0.1) is 0 Å². The van der Waals surface area contributed by atoms with Crippen LogP contribution in [0.15, 0.2) is 59.4 Å². The van der Waals surface area contributed by atoms with Gasteiger partial charge in [-0.2, -0.15) is 10.2 Å². The lowest BCUT2D eigenvalue weighted by Crippen LogP contribution is -2.35. The molecule has 4 aromatic rings. The zero-order valence-corrected chi connectivity index (χ0v) is 17.5. The monoisotopic (exact) mass is 419 g/mol. The highest BCUT2D eigenvalue weighted by Gasteiger charge is 2.25. The van der Waals surface area contributed by atoms with E-state index in [4.69, 9.17) is 0 Å². The first-order valence-electron chi connectivity index (χ1n) is 10.0. The molecular weight excluding hydrogens is 397 g/mol. The van der Waals surface area contributed by atoms with Gasteiger partial charge in [0.2, 0.25) is 5.91 Å². The number of benzene rings is 2. The number of amides is 1. The van der Waals surface area contributed by atoms with Gasteiger partial charge in [-0.3, -0.25) is 9.59 Å². The number of nitrogens with one attached hydrogen (secondary N) is 1. The van der Waals surface area contributed by atoms with Crippen LogP contribution < -0.4 is 10.9 Å². The standard InChI is InChI=1S/C23H22FN5O2/c1-4-19(22(30)25-17-12-10-16(24)11-13-17)29-23(31)21-20(14(2)26-29)15(3)28(27-21)18-8-6-5-7-9-18/h5-13,19H,4H2,1-3H3,(H,25,30)/t19-/m1/s1. The van der Waals surface area contributed by atoms with Crippen LogP contribution in [0.1, 0.15) is 30.8 Å². The fraction of sp³-hybridized carbons (Fsp3) is 0.217. The smallest absolute Gasteiger partial charge is 0.295 e. The maximum atomic E-state index is 13.3. The highest BCUT2D eigenvalue weighted by molar-refractivity contribution is 5.94. The Balaban J connectivity index is 1.78. The minimum atomic E-state index is -0.831. The van der Waals surface area contributed by atoms with E-state index in [-0.39, 0.29) is 5.52 Å². The number of halogens is 1. The number of nitrogens with zero attached hydrogens (tertiary/aromatic N) is 4. The van der Waals surface area contributed by atoms with Crippen molar-refractivity contribution >= 4 is 22.5 Å². The molecule has 0 radical (unpaired) electrons. The van der Waals surface area contributed by atoms with E-state index in [1.54, 1.807) is 18.5 Å². The van der Waals surface area contributed by atoms with Crippen LogP contribution in [0.3, 0.4) is 0 Å². The Labute approximate surface area is 178 Å². The third-order valence-corrected chi connectivity index (χ3v) is 5.24. The van der Waals surface area contributed by atoms with Gasteiger partial charge in [-0.25, -0.2) is 13.8 Å². The van der Waals surface area contributed by atoms with E-state index in [9.17, 15) is 14.0 Å². The Morgan fingerprint density at radius 2 is 1.74 bits per heavy atom. The second-order valence-electron chi connectivity index (χ2n) is 7.31. The number of anilines is 1. The molecule has 0 aliphatic heterocycles. The zero-order chi connectivity index (χ0) is 22.1. The van der Waals surface area contributed by atoms with Crippen LogP contribution in [0, 0.1) is 19.7 Å². The van der Waals surface area contributed by atoms with Gasteiger partial charge in [0.1, 0.15) is 11.9 Å². The van der Waals surface area contributed by atoms with Crippen molar-refractivity contribution in [3.8, 4) is 5.69 Å². The summed E-state index contributed by atoms with van der Waals surface area (Å²) in [4.78, 5) is 26.2. The van der Waals surface area contributed by atoms with E-state index in [0.29, 0.717) is 23.2 Å². The predicted molar refractivity (Wildman–Crippen MR) is 117 cm³/mol. The lowest BCUT2D eigenvalue weighted by Gasteiger charge is -2.17. The van der Waals surface area contributed by atoms with E-state index in [2.05, 4.69) is 15.5 Å². The number of rotatable bonds is 5. The molecule has 1 N–H and O–H groups in total. The first-order chi connectivity index (χ1) is 14.9. The summed E-state index contributed by atoms with van der Waals surface area (Å²) in [6.45, 7) is 5.49. The molecule has 0 aliphatic carbocycles. The normalized spacial score (nSPS) is 12.1. The fourth-order valence-corrected chi connectivity index (χ4v) is 3.71. The summed E-state index contributed by atoms with van der Waals surface area (Å²) in [5.74, 6) is -0.796. The summed E-state index contributed by atoms with van der Waals surface area (Å²) in [7, 11) is 0. The number of aryl methyl sites for hydroxylation is 2. The third kappa shape index (κ3) is 3.72. The van der Waals surface area contributed by atoms with Crippen molar-refractivity contribution in [2.75, 3.05) is 5.32 Å². The number of para-hydroxylation sites is 1. The average molecular weight is 419 g/mol. The number of fused-ring (bicyclic) bond motifs is 1. The van der Waals surface area contributed by atoms with Gasteiger partial charge in [0.15, 0.2) is 5.52 Å². The van der Waals surface area contributed by atoms with Crippen molar-refractivity contribution in [2.24, 2.45) is 0 Å². The van der Waals surface area contributed by atoms with Gasteiger partial charge in [-0.05, 0) is 56.7 Å². The Kier molecular flexibility index (Phi) is 5.37. The van der Waals surface area contributed by atoms with E-state index < -0.39 is 23.3 Å². The molecule has 2 heterocycles. The highest BCUT2D eigenvalue weighted by atomic mass is 19.1. The molecule has 2 aromatic carbocycles. The van der Waals surface area contributed by atoms with Crippen molar-refractivity contribution in [3.63, 3.8) is 0 Å². The third-order valence-electron chi connectivity index (χ3n) is 5.24. The number of carbonyl (C=O) groups is 1. The summed E-state index contributed by atoms with van der Waals surface area (Å²) in [5.41, 5.74) is 2.53. The van der Waals surface area contributed by atoms with Gasteiger partial charge in [0, 0.05) is 5.69 Å². The summed E-state index contributed by atoms with van der Waals surface area (Å²) in [5, 5.41) is 12.4. The van der Waals surface area contributed by atoms with Crippen molar-refractivity contribution in [1.82, 2.24) is 19.6 Å². The van der Waals surface area contributed by atoms with Crippen LogP contribution >= 0.6 is 0 Å². The molecule has 0 fully saturated rings. The Bertz CT molecular complexity index is 1310. The number of aromatic nitrogens is 4. The molecule has 0 aliphatic rings. The van der Waals surface area contributed by atoms with Crippen LogP contribution in [-0.2, 0) is 4.79 Å². The van der Waals surface area contributed by atoms with Gasteiger partial charge >= 0.3 is 0 Å². The van der Waals surface area contributed by atoms with E-state index >= 15 is 0 Å². The van der Waals surface area contributed by atoms with Gasteiger partial charge in [0.25, 0.3) is 5.56 Å². The van der Waals surface area contributed by atoms with E-state index in [1.807, 2.05) is 37.3 Å². The largest absolute Gasteiger partial charge is 0.324 e. The summed E-state index contributed by atoms with van der Waals surface area (Å²) < 4.78 is 16.0.